The van der Waals surface area contributed by atoms with Crippen molar-refractivity contribution in [2.75, 3.05) is 27.5 Å². The van der Waals surface area contributed by atoms with Crippen LogP contribution in [0.25, 0.3) is 21.7 Å². The van der Waals surface area contributed by atoms with Gasteiger partial charge in [0.05, 0.1) is 25.2 Å². The third kappa shape index (κ3) is 3.49. The lowest BCUT2D eigenvalue weighted by Crippen LogP contribution is -2.33. The Morgan fingerprint density at radius 2 is 1.74 bits per heavy atom. The van der Waals surface area contributed by atoms with Gasteiger partial charge in [-0.25, -0.2) is 4.79 Å². The second-order valence-electron chi connectivity index (χ2n) is 7.62. The van der Waals surface area contributed by atoms with Gasteiger partial charge in [0.25, 0.3) is 0 Å². The molecule has 6 heteroatoms. The van der Waals surface area contributed by atoms with Crippen LogP contribution in [0.4, 0.5) is 0 Å². The summed E-state index contributed by atoms with van der Waals surface area (Å²) in [7, 11) is 3.27. The topological polar surface area (TPSA) is 61.1 Å². The lowest BCUT2D eigenvalue weighted by atomic mass is 10.0. The van der Waals surface area contributed by atoms with Crippen LogP contribution in [0.5, 0.6) is 17.2 Å². The maximum Gasteiger partial charge on any atom is 0.344 e. The summed E-state index contributed by atoms with van der Waals surface area (Å²) in [4.78, 5) is 14.7. The normalized spacial score (nSPS) is 13.7. The van der Waals surface area contributed by atoms with E-state index in [4.69, 9.17) is 18.6 Å². The molecule has 31 heavy (non-hydrogen) atoms. The van der Waals surface area contributed by atoms with Crippen LogP contribution in [0.3, 0.4) is 0 Å². The number of rotatable bonds is 5. The van der Waals surface area contributed by atoms with Gasteiger partial charge < -0.3 is 18.6 Å². The molecule has 0 aliphatic carbocycles. The Hall–Kier alpha value is -3.51. The van der Waals surface area contributed by atoms with Gasteiger partial charge in [-0.3, -0.25) is 4.90 Å². The molecular weight excluding hydrogens is 394 g/mol. The van der Waals surface area contributed by atoms with Gasteiger partial charge in [0.1, 0.15) is 18.1 Å². The molecule has 158 valence electrons. The van der Waals surface area contributed by atoms with Gasteiger partial charge in [-0.1, -0.05) is 24.3 Å². The molecule has 6 nitrogen and oxygen atoms in total. The molecule has 0 unspecified atom stereocenters. The van der Waals surface area contributed by atoms with Crippen LogP contribution in [0, 0.1) is 0 Å². The van der Waals surface area contributed by atoms with Gasteiger partial charge >= 0.3 is 5.63 Å². The Morgan fingerprint density at radius 3 is 2.55 bits per heavy atom. The molecule has 0 radical (unpaired) electrons. The first kappa shape index (κ1) is 19.5. The molecular formula is C25H23NO5. The number of methoxy groups -OCH3 is 2. The highest BCUT2D eigenvalue weighted by atomic mass is 16.5. The second kappa shape index (κ2) is 7.96. The Morgan fingerprint density at radius 1 is 0.935 bits per heavy atom. The van der Waals surface area contributed by atoms with E-state index >= 15 is 0 Å². The molecule has 0 atom stereocenters. The smallest absolute Gasteiger partial charge is 0.344 e. The highest BCUT2D eigenvalue weighted by Crippen LogP contribution is 2.34. The van der Waals surface area contributed by atoms with Crippen molar-refractivity contribution >= 4 is 21.7 Å². The zero-order valence-electron chi connectivity index (χ0n) is 17.5. The van der Waals surface area contributed by atoms with E-state index in [0.717, 1.165) is 52.1 Å². The zero-order chi connectivity index (χ0) is 21.4. The van der Waals surface area contributed by atoms with Crippen molar-refractivity contribution in [1.29, 1.82) is 0 Å². The van der Waals surface area contributed by atoms with Crippen LogP contribution < -0.4 is 19.8 Å². The van der Waals surface area contributed by atoms with Crippen LogP contribution >= 0.6 is 0 Å². The number of hydrogen-bond donors (Lipinski definition) is 0. The average molecular weight is 417 g/mol. The summed E-state index contributed by atoms with van der Waals surface area (Å²) >= 11 is 0. The third-order valence-electron chi connectivity index (χ3n) is 5.80. The lowest BCUT2D eigenvalue weighted by Gasteiger charge is -2.29. The number of nitrogens with zero attached hydrogens (tertiary/aromatic N) is 1. The Balaban J connectivity index is 1.43. The molecule has 0 fully saturated rings. The van der Waals surface area contributed by atoms with E-state index in [1.807, 2.05) is 48.5 Å². The molecule has 0 spiro atoms. The maximum absolute atomic E-state index is 12.5. The van der Waals surface area contributed by atoms with E-state index in [1.54, 1.807) is 20.3 Å². The zero-order valence-corrected chi connectivity index (χ0v) is 17.5. The van der Waals surface area contributed by atoms with Crippen molar-refractivity contribution in [3.8, 4) is 17.2 Å². The minimum Gasteiger partial charge on any atom is -0.493 e. The number of fused-ring (bicyclic) bond motifs is 5. The minimum atomic E-state index is -0.320. The van der Waals surface area contributed by atoms with Crippen LogP contribution in [0.2, 0.25) is 0 Å². The van der Waals surface area contributed by atoms with Crippen LogP contribution in [-0.4, -0.2) is 32.4 Å². The van der Waals surface area contributed by atoms with Crippen molar-refractivity contribution in [3.63, 3.8) is 0 Å². The first-order valence-electron chi connectivity index (χ1n) is 10.2. The Kier molecular flexibility index (Phi) is 5.00. The van der Waals surface area contributed by atoms with Gasteiger partial charge in [0.2, 0.25) is 0 Å². The summed E-state index contributed by atoms with van der Waals surface area (Å²) in [6.45, 7) is 1.94. The van der Waals surface area contributed by atoms with Crippen LogP contribution in [0.15, 0.2) is 63.8 Å². The second-order valence-corrected chi connectivity index (χ2v) is 7.62. The predicted molar refractivity (Wildman–Crippen MR) is 119 cm³/mol. The Bertz CT molecular complexity index is 1330. The van der Waals surface area contributed by atoms with Gasteiger partial charge in [0, 0.05) is 18.5 Å². The van der Waals surface area contributed by atoms with E-state index in [1.165, 1.54) is 0 Å². The largest absolute Gasteiger partial charge is 0.493 e. The van der Waals surface area contributed by atoms with Crippen LogP contribution in [-0.2, 0) is 13.0 Å². The van der Waals surface area contributed by atoms with E-state index in [2.05, 4.69) is 4.90 Å². The monoisotopic (exact) mass is 417 g/mol. The van der Waals surface area contributed by atoms with E-state index in [9.17, 15) is 4.79 Å². The summed E-state index contributed by atoms with van der Waals surface area (Å²) in [6.07, 6.45) is 0.830. The van der Waals surface area contributed by atoms with Gasteiger partial charge in [-0.05, 0) is 47.7 Å². The molecule has 1 aromatic heterocycles. The minimum absolute atomic E-state index is 0.320. The van der Waals surface area contributed by atoms with Crippen LogP contribution in [0.1, 0.15) is 11.1 Å². The fourth-order valence-electron chi connectivity index (χ4n) is 4.16. The quantitative estimate of drug-likeness (QED) is 0.355. The summed E-state index contributed by atoms with van der Waals surface area (Å²) in [5, 5.41) is 2.43. The maximum atomic E-state index is 12.5. The molecule has 1 aliphatic heterocycles. The predicted octanol–water partition coefficient (Wildman–Crippen LogP) is 4.36. The molecule has 5 rings (SSSR count). The molecule has 0 N–H and O–H groups in total. The molecule has 0 amide bonds. The van der Waals surface area contributed by atoms with Gasteiger partial charge in [0.15, 0.2) is 11.5 Å². The van der Waals surface area contributed by atoms with Crippen molar-refractivity contribution in [2.45, 2.75) is 13.0 Å². The van der Waals surface area contributed by atoms with Crippen molar-refractivity contribution in [3.05, 3.63) is 76.1 Å². The average Bonchev–Trinajstić information content (AvgIpc) is 2.82. The highest BCUT2D eigenvalue weighted by Gasteiger charge is 2.22. The molecule has 0 saturated heterocycles. The van der Waals surface area contributed by atoms with Crippen molar-refractivity contribution in [2.24, 2.45) is 0 Å². The number of benzene rings is 3. The summed E-state index contributed by atoms with van der Waals surface area (Å²) in [6, 6.07) is 17.4. The molecule has 3 aromatic carbocycles. The standard InChI is InChI=1S/C25H23NO5/c1-28-22-9-7-16(13-23(22)29-2)11-12-26-14-20-21(30-15-26)10-8-18-17-5-3-4-6-19(17)25(27)31-24(18)20/h3-10,13H,11-12,14-15H2,1-2H3. The SMILES string of the molecule is COc1ccc(CCN2COc3ccc4c(oc(=O)c5ccccc54)c3C2)cc1OC. The van der Waals surface area contributed by atoms with Crippen molar-refractivity contribution < 1.29 is 18.6 Å². The highest BCUT2D eigenvalue weighted by molar-refractivity contribution is 6.05. The molecule has 1 aliphatic rings. The molecule has 2 heterocycles. The summed E-state index contributed by atoms with van der Waals surface area (Å²) in [5.41, 5.74) is 2.36. The van der Waals surface area contributed by atoms with E-state index in [0.29, 0.717) is 24.2 Å². The van der Waals surface area contributed by atoms with E-state index < -0.39 is 0 Å². The number of ether oxygens (including phenoxy) is 3. The number of hydrogen-bond acceptors (Lipinski definition) is 6. The fourth-order valence-corrected chi connectivity index (χ4v) is 4.16. The summed E-state index contributed by atoms with van der Waals surface area (Å²) < 4.78 is 22.5. The molecule has 4 aromatic rings. The molecule has 0 bridgehead atoms. The summed E-state index contributed by atoms with van der Waals surface area (Å²) in [5.74, 6) is 2.21. The third-order valence-corrected chi connectivity index (χ3v) is 5.80. The molecule has 0 saturated carbocycles. The van der Waals surface area contributed by atoms with Gasteiger partial charge in [-0.2, -0.15) is 0 Å². The Labute approximate surface area is 179 Å². The van der Waals surface area contributed by atoms with Crippen molar-refractivity contribution in [1.82, 2.24) is 4.90 Å². The lowest BCUT2D eigenvalue weighted by molar-refractivity contribution is 0.0968. The first-order chi connectivity index (χ1) is 15.2. The van der Waals surface area contributed by atoms with Gasteiger partial charge in [-0.15, -0.1) is 0 Å². The fraction of sp³-hybridized carbons (Fsp3) is 0.240. The van der Waals surface area contributed by atoms with E-state index in [-0.39, 0.29) is 5.63 Å². The first-order valence-corrected chi connectivity index (χ1v) is 10.2.